The summed E-state index contributed by atoms with van der Waals surface area (Å²) in [5, 5.41) is 18.4. The highest BCUT2D eigenvalue weighted by Crippen LogP contribution is 2.33. The molecule has 8 nitrogen and oxygen atoms in total. The van der Waals surface area contributed by atoms with Crippen molar-refractivity contribution in [3.8, 4) is 5.75 Å². The molecule has 38 heavy (non-hydrogen) atoms. The molecule has 202 valence electrons. The first-order chi connectivity index (χ1) is 17.9. The molecule has 3 aromatic rings. The van der Waals surface area contributed by atoms with Gasteiger partial charge < -0.3 is 25.4 Å². The zero-order valence-electron chi connectivity index (χ0n) is 22.9. The van der Waals surface area contributed by atoms with Gasteiger partial charge in [-0.2, -0.15) is 0 Å². The van der Waals surface area contributed by atoms with E-state index in [4.69, 9.17) is 4.74 Å². The Morgan fingerprint density at radius 3 is 2.34 bits per heavy atom. The van der Waals surface area contributed by atoms with Gasteiger partial charge in [0, 0.05) is 17.8 Å². The SMILES string of the molecule is CCCN(C(=O)C(C)NC(=O)OC(C)(C)C)C(C(=O)Nc1ccc2ccccc2c1)c1cccc(C)c1O. The number of carbonyl (C=O) groups is 3. The third kappa shape index (κ3) is 7.03. The van der Waals surface area contributed by atoms with Crippen molar-refractivity contribution in [2.45, 2.75) is 65.6 Å². The number of anilines is 1. The van der Waals surface area contributed by atoms with Crippen molar-refractivity contribution >= 4 is 34.4 Å². The fourth-order valence-corrected chi connectivity index (χ4v) is 4.23. The van der Waals surface area contributed by atoms with Crippen LogP contribution in [0.3, 0.4) is 0 Å². The lowest BCUT2D eigenvalue weighted by molar-refractivity contribution is -0.140. The smallest absolute Gasteiger partial charge is 0.408 e. The minimum atomic E-state index is -1.14. The Morgan fingerprint density at radius 1 is 1.00 bits per heavy atom. The Labute approximate surface area is 224 Å². The van der Waals surface area contributed by atoms with Crippen molar-refractivity contribution in [1.82, 2.24) is 10.2 Å². The first-order valence-electron chi connectivity index (χ1n) is 12.8. The molecule has 0 aromatic heterocycles. The first kappa shape index (κ1) is 28.5. The lowest BCUT2D eigenvalue weighted by atomic mass is 9.99. The molecule has 0 aliphatic heterocycles. The summed E-state index contributed by atoms with van der Waals surface area (Å²) in [5.74, 6) is -1.02. The molecule has 2 atom stereocenters. The van der Waals surface area contributed by atoms with Crippen LogP contribution in [0.5, 0.6) is 5.75 Å². The summed E-state index contributed by atoms with van der Waals surface area (Å²) in [5.41, 5.74) is 0.713. The molecule has 3 N–H and O–H groups in total. The van der Waals surface area contributed by atoms with Gasteiger partial charge in [-0.25, -0.2) is 4.79 Å². The predicted octanol–water partition coefficient (Wildman–Crippen LogP) is 5.69. The molecule has 3 rings (SSSR count). The molecule has 3 amide bonds. The van der Waals surface area contributed by atoms with Gasteiger partial charge in [0.05, 0.1) is 0 Å². The number of nitrogens with one attached hydrogen (secondary N) is 2. The zero-order valence-corrected chi connectivity index (χ0v) is 22.9. The number of aromatic hydroxyl groups is 1. The number of alkyl carbamates (subject to hydrolysis) is 1. The van der Waals surface area contributed by atoms with E-state index in [1.165, 1.54) is 4.90 Å². The van der Waals surface area contributed by atoms with Gasteiger partial charge in [-0.3, -0.25) is 9.59 Å². The van der Waals surface area contributed by atoms with Crippen molar-refractivity contribution in [2.24, 2.45) is 0 Å². The van der Waals surface area contributed by atoms with Crippen LogP contribution in [0.15, 0.2) is 60.7 Å². The molecule has 0 spiro atoms. The van der Waals surface area contributed by atoms with Crippen LogP contribution in [-0.4, -0.2) is 46.1 Å². The average Bonchev–Trinajstić information content (AvgIpc) is 2.84. The number of nitrogens with zero attached hydrogens (tertiary/aromatic N) is 1. The second kappa shape index (κ2) is 12.0. The first-order valence-corrected chi connectivity index (χ1v) is 12.8. The summed E-state index contributed by atoms with van der Waals surface area (Å²) in [6.07, 6.45) is -0.178. The second-order valence-electron chi connectivity index (χ2n) is 10.4. The number of carbonyl (C=O) groups excluding carboxylic acids is 3. The quantitative estimate of drug-likeness (QED) is 0.355. The number of hydrogen-bond donors (Lipinski definition) is 3. The lowest BCUT2D eigenvalue weighted by Crippen LogP contribution is -2.51. The summed E-state index contributed by atoms with van der Waals surface area (Å²) in [4.78, 5) is 41.3. The van der Waals surface area contributed by atoms with Crippen molar-refractivity contribution < 1.29 is 24.2 Å². The topological polar surface area (TPSA) is 108 Å². The van der Waals surface area contributed by atoms with Crippen molar-refractivity contribution in [2.75, 3.05) is 11.9 Å². The number of benzene rings is 3. The van der Waals surface area contributed by atoms with Crippen LogP contribution in [0.2, 0.25) is 0 Å². The number of phenols is 1. The van der Waals surface area contributed by atoms with Gasteiger partial charge in [-0.05, 0) is 69.5 Å². The molecule has 0 bridgehead atoms. The van der Waals surface area contributed by atoms with E-state index in [1.807, 2.05) is 43.3 Å². The number of fused-ring (bicyclic) bond motifs is 1. The van der Waals surface area contributed by atoms with Crippen LogP contribution in [0.25, 0.3) is 10.8 Å². The molecule has 0 fully saturated rings. The van der Waals surface area contributed by atoms with Crippen LogP contribution >= 0.6 is 0 Å². The maximum atomic E-state index is 13.8. The van der Waals surface area contributed by atoms with E-state index < -0.39 is 35.6 Å². The van der Waals surface area contributed by atoms with Gasteiger partial charge >= 0.3 is 6.09 Å². The Kier molecular flexibility index (Phi) is 8.99. The molecule has 2 unspecified atom stereocenters. The van der Waals surface area contributed by atoms with E-state index in [9.17, 15) is 19.5 Å². The summed E-state index contributed by atoms with van der Waals surface area (Å²) < 4.78 is 5.30. The summed E-state index contributed by atoms with van der Waals surface area (Å²) in [6, 6.07) is 16.3. The Morgan fingerprint density at radius 2 is 1.68 bits per heavy atom. The molecular weight excluding hydrogens is 482 g/mol. The molecule has 0 aliphatic rings. The number of phenolic OH excluding ortho intramolecular Hbond substituents is 1. The fraction of sp³-hybridized carbons (Fsp3) is 0.367. The van der Waals surface area contributed by atoms with Crippen LogP contribution in [0.1, 0.15) is 58.2 Å². The third-order valence-corrected chi connectivity index (χ3v) is 5.99. The minimum absolute atomic E-state index is 0.0622. The van der Waals surface area contributed by atoms with Crippen molar-refractivity contribution in [3.05, 3.63) is 71.8 Å². The van der Waals surface area contributed by atoms with Crippen LogP contribution < -0.4 is 10.6 Å². The molecule has 0 heterocycles. The van der Waals surface area contributed by atoms with E-state index in [-0.39, 0.29) is 12.3 Å². The van der Waals surface area contributed by atoms with Crippen LogP contribution in [-0.2, 0) is 14.3 Å². The number of para-hydroxylation sites is 1. The van der Waals surface area contributed by atoms with Gasteiger partial charge in [0.25, 0.3) is 5.91 Å². The molecule has 3 aromatic carbocycles. The highest BCUT2D eigenvalue weighted by Gasteiger charge is 2.36. The van der Waals surface area contributed by atoms with Gasteiger partial charge in [0.1, 0.15) is 23.4 Å². The molecule has 0 aliphatic carbocycles. The van der Waals surface area contributed by atoms with E-state index in [1.54, 1.807) is 58.9 Å². The van der Waals surface area contributed by atoms with E-state index in [2.05, 4.69) is 10.6 Å². The number of hydrogen-bond acceptors (Lipinski definition) is 5. The maximum absolute atomic E-state index is 13.8. The monoisotopic (exact) mass is 519 g/mol. The molecule has 0 saturated carbocycles. The predicted molar refractivity (Wildman–Crippen MR) is 149 cm³/mol. The van der Waals surface area contributed by atoms with E-state index >= 15 is 0 Å². The van der Waals surface area contributed by atoms with Gasteiger partial charge in [0.2, 0.25) is 5.91 Å². The third-order valence-electron chi connectivity index (χ3n) is 5.99. The lowest BCUT2D eigenvalue weighted by Gasteiger charge is -2.34. The highest BCUT2D eigenvalue weighted by molar-refractivity contribution is 6.00. The molecular formula is C30H37N3O5. The molecule has 0 radical (unpaired) electrons. The summed E-state index contributed by atoms with van der Waals surface area (Å²) >= 11 is 0. The second-order valence-corrected chi connectivity index (χ2v) is 10.4. The van der Waals surface area contributed by atoms with E-state index in [0.29, 0.717) is 23.2 Å². The van der Waals surface area contributed by atoms with Gasteiger partial charge in [-0.15, -0.1) is 0 Å². The number of ether oxygens (including phenoxy) is 1. The number of aryl methyl sites for hydroxylation is 1. The van der Waals surface area contributed by atoms with E-state index in [0.717, 1.165) is 10.8 Å². The maximum Gasteiger partial charge on any atom is 0.408 e. The Balaban J connectivity index is 1.97. The zero-order chi connectivity index (χ0) is 28.0. The van der Waals surface area contributed by atoms with Gasteiger partial charge in [0.15, 0.2) is 0 Å². The Bertz CT molecular complexity index is 1310. The fourth-order valence-electron chi connectivity index (χ4n) is 4.23. The standard InChI is InChI=1S/C30H37N3O5/c1-7-17-33(28(36)20(3)31-29(37)38-30(4,5)6)25(24-14-10-11-19(2)26(24)34)27(35)32-23-16-15-21-12-8-9-13-22(21)18-23/h8-16,18,20,25,34H,7,17H2,1-6H3,(H,31,37)(H,32,35). The largest absolute Gasteiger partial charge is 0.507 e. The number of rotatable bonds is 8. The molecule has 8 heteroatoms. The highest BCUT2D eigenvalue weighted by atomic mass is 16.6. The van der Waals surface area contributed by atoms with Crippen molar-refractivity contribution in [1.29, 1.82) is 0 Å². The molecule has 0 saturated heterocycles. The Hall–Kier alpha value is -4.07. The summed E-state index contributed by atoms with van der Waals surface area (Å²) in [6.45, 7) is 10.6. The minimum Gasteiger partial charge on any atom is -0.507 e. The van der Waals surface area contributed by atoms with Crippen molar-refractivity contribution in [3.63, 3.8) is 0 Å². The van der Waals surface area contributed by atoms with Crippen LogP contribution in [0.4, 0.5) is 10.5 Å². The number of amides is 3. The van der Waals surface area contributed by atoms with Gasteiger partial charge in [-0.1, -0.05) is 55.5 Å². The summed E-state index contributed by atoms with van der Waals surface area (Å²) in [7, 11) is 0. The normalized spacial score (nSPS) is 12.9. The van der Waals surface area contributed by atoms with Crippen LogP contribution in [0, 0.1) is 6.92 Å². The average molecular weight is 520 g/mol.